The van der Waals surface area contributed by atoms with E-state index >= 15 is 0 Å². The van der Waals surface area contributed by atoms with Crippen molar-refractivity contribution in [3.8, 4) is 5.75 Å². The van der Waals surface area contributed by atoms with Crippen molar-refractivity contribution in [2.75, 3.05) is 46.6 Å². The Labute approximate surface area is 205 Å². The van der Waals surface area contributed by atoms with E-state index in [4.69, 9.17) is 14.2 Å². The van der Waals surface area contributed by atoms with Crippen molar-refractivity contribution in [1.29, 1.82) is 0 Å². The number of nitrogens with one attached hydrogen (secondary N) is 2. The fourth-order valence-corrected chi connectivity index (χ4v) is 4.04. The Morgan fingerprint density at radius 1 is 1.03 bits per heavy atom. The molecular formula is C24H42IN3O3. The first kappa shape index (κ1) is 28.0. The molecule has 178 valence electrons. The summed E-state index contributed by atoms with van der Waals surface area (Å²) in [6.07, 6.45) is 6.26. The van der Waals surface area contributed by atoms with Gasteiger partial charge >= 0.3 is 0 Å². The molecule has 0 bridgehead atoms. The third-order valence-electron chi connectivity index (χ3n) is 5.86. The lowest BCUT2D eigenvalue weighted by Gasteiger charge is -2.30. The highest BCUT2D eigenvalue weighted by molar-refractivity contribution is 14.0. The Morgan fingerprint density at radius 2 is 1.74 bits per heavy atom. The van der Waals surface area contributed by atoms with Gasteiger partial charge in [-0.1, -0.05) is 25.0 Å². The predicted octanol–water partition coefficient (Wildman–Crippen LogP) is 4.68. The van der Waals surface area contributed by atoms with Crippen LogP contribution in [0.15, 0.2) is 23.2 Å². The van der Waals surface area contributed by atoms with Crippen LogP contribution >= 0.6 is 24.0 Å². The Kier molecular flexibility index (Phi) is 14.2. The van der Waals surface area contributed by atoms with Crippen molar-refractivity contribution in [3.63, 3.8) is 0 Å². The monoisotopic (exact) mass is 547 g/mol. The molecule has 7 heteroatoms. The highest BCUT2D eigenvalue weighted by Crippen LogP contribution is 2.40. The van der Waals surface area contributed by atoms with Crippen LogP contribution in [0.25, 0.3) is 0 Å². The van der Waals surface area contributed by atoms with Gasteiger partial charge in [-0.05, 0) is 57.1 Å². The smallest absolute Gasteiger partial charge is 0.191 e. The van der Waals surface area contributed by atoms with Crippen molar-refractivity contribution in [1.82, 2.24) is 10.6 Å². The number of aliphatic imine (C=N–C) groups is 1. The summed E-state index contributed by atoms with van der Waals surface area (Å²) in [7, 11) is 1.82. The van der Waals surface area contributed by atoms with E-state index in [0.29, 0.717) is 31.8 Å². The molecule has 1 aromatic carbocycles. The number of halogens is 1. The highest BCUT2D eigenvalue weighted by atomic mass is 127. The number of rotatable bonds is 13. The van der Waals surface area contributed by atoms with E-state index in [2.05, 4.69) is 47.7 Å². The van der Waals surface area contributed by atoms with Gasteiger partial charge in [-0.3, -0.25) is 4.99 Å². The molecule has 1 fully saturated rings. The quantitative estimate of drug-likeness (QED) is 0.163. The molecule has 1 aliphatic rings. The van der Waals surface area contributed by atoms with Gasteiger partial charge in [0.2, 0.25) is 0 Å². The van der Waals surface area contributed by atoms with Crippen LogP contribution in [0.2, 0.25) is 0 Å². The molecule has 0 radical (unpaired) electrons. The molecule has 0 aliphatic heterocycles. The van der Waals surface area contributed by atoms with E-state index in [1.807, 2.05) is 14.0 Å². The standard InChI is InChI=1S/C24H41N3O3.HI/c1-5-28-14-13-24(11-7-8-12-24)19-27-23(25-4)26-18-21-10-9-20(3)17-22(21)30-16-15-29-6-2;/h9-10,17H,5-8,11-16,18-19H2,1-4H3,(H2,25,26,27);1H. The average Bonchev–Trinajstić information content (AvgIpc) is 3.21. The van der Waals surface area contributed by atoms with E-state index in [1.165, 1.54) is 31.2 Å². The number of benzene rings is 1. The molecule has 1 aromatic rings. The predicted molar refractivity (Wildman–Crippen MR) is 139 cm³/mol. The number of aryl methyl sites for hydroxylation is 1. The minimum atomic E-state index is 0. The summed E-state index contributed by atoms with van der Waals surface area (Å²) in [6.45, 7) is 11.2. The maximum atomic E-state index is 5.96. The fourth-order valence-electron chi connectivity index (χ4n) is 4.04. The summed E-state index contributed by atoms with van der Waals surface area (Å²) in [4.78, 5) is 4.43. The Morgan fingerprint density at radius 3 is 2.42 bits per heavy atom. The molecule has 0 atom stereocenters. The number of guanidine groups is 1. The number of nitrogens with zero attached hydrogens (tertiary/aromatic N) is 1. The topological polar surface area (TPSA) is 64.1 Å². The van der Waals surface area contributed by atoms with Gasteiger partial charge < -0.3 is 24.8 Å². The van der Waals surface area contributed by atoms with Gasteiger partial charge in [0.05, 0.1) is 6.61 Å². The second-order valence-electron chi connectivity index (χ2n) is 8.09. The van der Waals surface area contributed by atoms with Crippen molar-refractivity contribution in [2.45, 2.75) is 59.4 Å². The molecule has 2 rings (SSSR count). The van der Waals surface area contributed by atoms with Gasteiger partial charge in [0, 0.05) is 45.5 Å². The van der Waals surface area contributed by atoms with Crippen molar-refractivity contribution in [3.05, 3.63) is 29.3 Å². The molecule has 1 saturated carbocycles. The van der Waals surface area contributed by atoms with E-state index < -0.39 is 0 Å². The number of ether oxygens (including phenoxy) is 3. The molecule has 0 saturated heterocycles. The van der Waals surface area contributed by atoms with Crippen LogP contribution < -0.4 is 15.4 Å². The lowest BCUT2D eigenvalue weighted by atomic mass is 9.83. The molecule has 0 aromatic heterocycles. The third-order valence-corrected chi connectivity index (χ3v) is 5.86. The summed E-state index contributed by atoms with van der Waals surface area (Å²) < 4.78 is 17.0. The highest BCUT2D eigenvalue weighted by Gasteiger charge is 2.33. The molecule has 6 nitrogen and oxygen atoms in total. The second kappa shape index (κ2) is 15.7. The molecule has 2 N–H and O–H groups in total. The second-order valence-corrected chi connectivity index (χ2v) is 8.09. The van der Waals surface area contributed by atoms with Gasteiger partial charge in [0.25, 0.3) is 0 Å². The van der Waals surface area contributed by atoms with Crippen LogP contribution in [0.3, 0.4) is 0 Å². The molecule has 0 amide bonds. The van der Waals surface area contributed by atoms with Crippen LogP contribution in [0.1, 0.15) is 57.1 Å². The molecule has 0 spiro atoms. The van der Waals surface area contributed by atoms with Crippen molar-refractivity contribution < 1.29 is 14.2 Å². The maximum Gasteiger partial charge on any atom is 0.191 e. The van der Waals surface area contributed by atoms with Crippen LogP contribution in [-0.2, 0) is 16.0 Å². The van der Waals surface area contributed by atoms with E-state index in [9.17, 15) is 0 Å². The van der Waals surface area contributed by atoms with Crippen molar-refractivity contribution in [2.24, 2.45) is 10.4 Å². The van der Waals surface area contributed by atoms with Crippen molar-refractivity contribution >= 4 is 29.9 Å². The zero-order valence-corrected chi connectivity index (χ0v) is 22.1. The molecule has 0 unspecified atom stereocenters. The summed E-state index contributed by atoms with van der Waals surface area (Å²) in [6, 6.07) is 6.32. The summed E-state index contributed by atoms with van der Waals surface area (Å²) in [5.74, 6) is 1.74. The van der Waals surface area contributed by atoms with E-state index in [-0.39, 0.29) is 24.0 Å². The van der Waals surface area contributed by atoms with Gasteiger partial charge in [0.1, 0.15) is 12.4 Å². The normalized spacial score (nSPS) is 15.4. The number of hydrogen-bond donors (Lipinski definition) is 2. The summed E-state index contributed by atoms with van der Waals surface area (Å²) in [5, 5.41) is 7.01. The molecule has 0 heterocycles. The Bertz CT molecular complexity index is 649. The van der Waals surface area contributed by atoms with Gasteiger partial charge in [-0.15, -0.1) is 24.0 Å². The fraction of sp³-hybridized carbons (Fsp3) is 0.708. The first-order valence-corrected chi connectivity index (χ1v) is 11.4. The molecule has 1 aliphatic carbocycles. The summed E-state index contributed by atoms with van der Waals surface area (Å²) in [5.41, 5.74) is 2.63. The van der Waals surface area contributed by atoms with E-state index in [0.717, 1.165) is 43.5 Å². The van der Waals surface area contributed by atoms with Gasteiger partial charge in [0.15, 0.2) is 5.96 Å². The minimum absolute atomic E-state index is 0. The first-order chi connectivity index (χ1) is 14.6. The average molecular weight is 548 g/mol. The molecule has 31 heavy (non-hydrogen) atoms. The van der Waals surface area contributed by atoms with Crippen LogP contribution in [-0.4, -0.2) is 52.6 Å². The van der Waals surface area contributed by atoms with Gasteiger partial charge in [-0.2, -0.15) is 0 Å². The SMILES string of the molecule is CCOCCOc1cc(C)ccc1CNC(=NC)NCC1(CCOCC)CCCC1.I. The zero-order chi connectivity index (χ0) is 21.7. The maximum absolute atomic E-state index is 5.96. The first-order valence-electron chi connectivity index (χ1n) is 11.4. The van der Waals surface area contributed by atoms with Gasteiger partial charge in [-0.25, -0.2) is 0 Å². The lowest BCUT2D eigenvalue weighted by Crippen LogP contribution is -2.43. The summed E-state index contributed by atoms with van der Waals surface area (Å²) >= 11 is 0. The Hall–Kier alpha value is -1.06. The largest absolute Gasteiger partial charge is 0.491 e. The molecular weight excluding hydrogens is 505 g/mol. The van der Waals surface area contributed by atoms with Crippen LogP contribution in [0, 0.1) is 12.3 Å². The number of hydrogen-bond acceptors (Lipinski definition) is 4. The minimum Gasteiger partial charge on any atom is -0.491 e. The van der Waals surface area contributed by atoms with Crippen LogP contribution in [0.5, 0.6) is 5.75 Å². The van der Waals surface area contributed by atoms with Crippen LogP contribution in [0.4, 0.5) is 0 Å². The third kappa shape index (κ3) is 9.95. The lowest BCUT2D eigenvalue weighted by molar-refractivity contribution is 0.105. The van der Waals surface area contributed by atoms with E-state index in [1.54, 1.807) is 0 Å². The zero-order valence-electron chi connectivity index (χ0n) is 19.8. The Balaban J connectivity index is 0.00000480.